The van der Waals surface area contributed by atoms with E-state index in [0.29, 0.717) is 0 Å². The number of hydrazone groups is 1. The van der Waals surface area contributed by atoms with Crippen molar-refractivity contribution in [3.05, 3.63) is 46.9 Å². The minimum Gasteiger partial charge on any atom is -0.361 e. The van der Waals surface area contributed by atoms with E-state index in [1.165, 1.54) is 50.8 Å². The Labute approximate surface area is 128 Å². The predicted molar refractivity (Wildman–Crippen MR) is 90.1 cm³/mol. The summed E-state index contributed by atoms with van der Waals surface area (Å²) in [6, 6.07) is 6.64. The molecule has 0 saturated carbocycles. The van der Waals surface area contributed by atoms with Crippen LogP contribution in [0, 0.1) is 0 Å². The van der Waals surface area contributed by atoms with Crippen molar-refractivity contribution in [1.29, 1.82) is 0 Å². The van der Waals surface area contributed by atoms with Crippen LogP contribution in [0.1, 0.15) is 37.4 Å². The number of fused-ring (bicyclic) bond motifs is 7. The van der Waals surface area contributed by atoms with Crippen molar-refractivity contribution >= 4 is 27.5 Å². The topological polar surface area (TPSA) is 56.0 Å². The van der Waals surface area contributed by atoms with Crippen LogP contribution in [0.4, 0.5) is 0 Å². The van der Waals surface area contributed by atoms with Gasteiger partial charge in [0.05, 0.1) is 11.4 Å². The molecule has 3 aromatic rings. The molecule has 0 unspecified atom stereocenters. The van der Waals surface area contributed by atoms with Gasteiger partial charge in [0.2, 0.25) is 0 Å². The zero-order valence-electron chi connectivity index (χ0n) is 12.6. The zero-order valence-corrected chi connectivity index (χ0v) is 12.6. The Balaban J connectivity index is 1.77. The van der Waals surface area contributed by atoms with E-state index >= 15 is 0 Å². The molecule has 22 heavy (non-hydrogen) atoms. The lowest BCUT2D eigenvalue weighted by molar-refractivity contribution is 0.734. The summed E-state index contributed by atoms with van der Waals surface area (Å²) in [6.45, 7) is 2.13. The Morgan fingerprint density at radius 2 is 2.09 bits per heavy atom. The van der Waals surface area contributed by atoms with Gasteiger partial charge in [0, 0.05) is 40.1 Å². The molecule has 0 fully saturated rings. The minimum atomic E-state index is 0.969. The van der Waals surface area contributed by atoms with Crippen molar-refractivity contribution in [3.8, 4) is 0 Å². The molecule has 4 heteroatoms. The fourth-order valence-corrected chi connectivity index (χ4v) is 3.81. The van der Waals surface area contributed by atoms with Gasteiger partial charge in [0.1, 0.15) is 0 Å². The first kappa shape index (κ1) is 12.1. The molecule has 0 atom stereocenters. The van der Waals surface area contributed by atoms with E-state index in [2.05, 4.69) is 45.6 Å². The van der Waals surface area contributed by atoms with Crippen LogP contribution in [0.15, 0.2) is 40.8 Å². The third-order valence-corrected chi connectivity index (χ3v) is 5.04. The quantitative estimate of drug-likeness (QED) is 0.577. The van der Waals surface area contributed by atoms with Gasteiger partial charge in [0.15, 0.2) is 0 Å². The second-order valence-corrected chi connectivity index (χ2v) is 6.37. The fraction of sp³-hybridized carbons (Fsp3) is 0.278. The maximum absolute atomic E-state index is 4.60. The van der Waals surface area contributed by atoms with Crippen molar-refractivity contribution in [3.63, 3.8) is 0 Å². The summed E-state index contributed by atoms with van der Waals surface area (Å²) in [5, 5.41) is 7.18. The molecule has 0 spiro atoms. The van der Waals surface area contributed by atoms with Crippen molar-refractivity contribution in [1.82, 2.24) is 15.4 Å². The first-order valence-corrected chi connectivity index (χ1v) is 7.93. The molecular formula is C18H18N4. The van der Waals surface area contributed by atoms with Gasteiger partial charge in [-0.15, -0.1) is 0 Å². The number of aromatic nitrogens is 2. The number of aryl methyl sites for hydroxylation is 1. The Bertz CT molecular complexity index is 968. The van der Waals surface area contributed by atoms with Crippen LogP contribution in [0.3, 0.4) is 0 Å². The Hall–Kier alpha value is -2.49. The van der Waals surface area contributed by atoms with Gasteiger partial charge in [-0.3, -0.25) is 5.43 Å². The Morgan fingerprint density at radius 1 is 1.14 bits per heavy atom. The van der Waals surface area contributed by atoms with Crippen molar-refractivity contribution in [2.75, 3.05) is 0 Å². The number of rotatable bonds is 0. The van der Waals surface area contributed by atoms with Crippen LogP contribution in [-0.4, -0.2) is 15.7 Å². The third kappa shape index (κ3) is 1.61. The lowest BCUT2D eigenvalue weighted by atomic mass is 9.90. The van der Waals surface area contributed by atoms with Gasteiger partial charge in [0.25, 0.3) is 0 Å². The number of allylic oxidation sites excluding steroid dienone is 2. The summed E-state index contributed by atoms with van der Waals surface area (Å²) >= 11 is 0. The summed E-state index contributed by atoms with van der Waals surface area (Å²) < 4.78 is 0. The molecule has 5 rings (SSSR count). The maximum Gasteiger partial charge on any atom is 0.0885 e. The summed E-state index contributed by atoms with van der Waals surface area (Å²) in [7, 11) is 0. The van der Waals surface area contributed by atoms with E-state index in [4.69, 9.17) is 0 Å². The largest absolute Gasteiger partial charge is 0.361 e. The van der Waals surface area contributed by atoms with Crippen molar-refractivity contribution in [2.45, 2.75) is 32.6 Å². The van der Waals surface area contributed by atoms with Crippen LogP contribution in [0.5, 0.6) is 0 Å². The highest BCUT2D eigenvalue weighted by atomic mass is 15.3. The monoisotopic (exact) mass is 290 g/mol. The number of nitrogens with zero attached hydrogens (tertiary/aromatic N) is 1. The van der Waals surface area contributed by atoms with Crippen LogP contribution >= 0.6 is 0 Å². The molecule has 0 saturated heterocycles. The molecule has 2 aromatic heterocycles. The number of benzene rings is 1. The van der Waals surface area contributed by atoms with E-state index in [9.17, 15) is 0 Å². The molecule has 3 N–H and O–H groups in total. The highest BCUT2D eigenvalue weighted by Crippen LogP contribution is 2.33. The summed E-state index contributed by atoms with van der Waals surface area (Å²) in [6.07, 6.45) is 6.44. The van der Waals surface area contributed by atoms with Gasteiger partial charge in [-0.25, -0.2) is 0 Å². The van der Waals surface area contributed by atoms with Gasteiger partial charge >= 0.3 is 0 Å². The Kier molecular flexibility index (Phi) is 2.34. The molecule has 0 amide bonds. The van der Waals surface area contributed by atoms with Crippen molar-refractivity contribution in [2.24, 2.45) is 5.10 Å². The number of hydrogen-bond donors (Lipinski definition) is 3. The standard InChI is InChI=1S/C18H18N4/c1-10-11-3-2-4-13-14-9-15-12(5-6-19-15)8-16(14)20-18(13)17(7-11)22-21-10/h5-6,8-9,19-21H,2-4,7H2,1H3. The second kappa shape index (κ2) is 4.26. The zero-order chi connectivity index (χ0) is 14.7. The molecule has 0 radical (unpaired) electrons. The summed E-state index contributed by atoms with van der Waals surface area (Å²) in [5.41, 5.74) is 12.2. The fourth-order valence-electron chi connectivity index (χ4n) is 3.81. The molecule has 1 aliphatic heterocycles. The predicted octanol–water partition coefficient (Wildman–Crippen LogP) is 3.96. The van der Waals surface area contributed by atoms with Crippen molar-refractivity contribution < 1.29 is 0 Å². The number of H-pyrrole nitrogens is 2. The number of aromatic amines is 2. The van der Waals surface area contributed by atoms with Crippen LogP contribution in [0.25, 0.3) is 21.8 Å². The number of nitrogens with one attached hydrogen (secondary N) is 3. The van der Waals surface area contributed by atoms with Gasteiger partial charge in [-0.05, 0) is 55.5 Å². The second-order valence-electron chi connectivity index (χ2n) is 6.37. The number of hydrogen-bond acceptors (Lipinski definition) is 2. The lowest BCUT2D eigenvalue weighted by Gasteiger charge is -2.22. The first-order chi connectivity index (χ1) is 10.8. The van der Waals surface area contributed by atoms with Crippen LogP contribution < -0.4 is 5.43 Å². The molecule has 1 aromatic carbocycles. The highest BCUT2D eigenvalue weighted by molar-refractivity contribution is 6.08. The van der Waals surface area contributed by atoms with Gasteiger partial charge < -0.3 is 9.97 Å². The smallest absolute Gasteiger partial charge is 0.0885 e. The minimum absolute atomic E-state index is 0.969. The van der Waals surface area contributed by atoms with E-state index < -0.39 is 0 Å². The van der Waals surface area contributed by atoms with Gasteiger partial charge in [-0.1, -0.05) is 0 Å². The van der Waals surface area contributed by atoms with Crippen LogP contribution in [-0.2, 0) is 6.42 Å². The van der Waals surface area contributed by atoms with E-state index in [1.807, 2.05) is 6.20 Å². The molecule has 1 aliphatic carbocycles. The third-order valence-electron chi connectivity index (χ3n) is 5.04. The maximum atomic E-state index is 4.60. The average molecular weight is 290 g/mol. The van der Waals surface area contributed by atoms with E-state index in [1.54, 1.807) is 0 Å². The molecule has 2 bridgehead atoms. The SMILES string of the molecule is CC1=C2CCCc3c([nH]c4cc5cc[nH]c5cc34)C(=NN1)C2. The van der Waals surface area contributed by atoms with Crippen LogP contribution in [0.2, 0.25) is 0 Å². The van der Waals surface area contributed by atoms with Gasteiger partial charge in [-0.2, -0.15) is 5.10 Å². The normalized spacial score (nSPS) is 18.0. The molecule has 4 nitrogen and oxygen atoms in total. The molecule has 2 aliphatic rings. The molecule has 3 heterocycles. The Morgan fingerprint density at radius 3 is 3.05 bits per heavy atom. The summed E-state index contributed by atoms with van der Waals surface area (Å²) in [4.78, 5) is 6.95. The van der Waals surface area contributed by atoms with E-state index in [-0.39, 0.29) is 0 Å². The first-order valence-electron chi connectivity index (χ1n) is 7.93. The average Bonchev–Trinajstić information content (AvgIpc) is 3.09. The summed E-state index contributed by atoms with van der Waals surface area (Å²) in [5.74, 6) is 0. The molecule has 110 valence electrons. The van der Waals surface area contributed by atoms with E-state index in [0.717, 1.165) is 25.0 Å². The molecular weight excluding hydrogens is 272 g/mol. The highest BCUT2D eigenvalue weighted by Gasteiger charge is 2.23. The lowest BCUT2D eigenvalue weighted by Crippen LogP contribution is -2.21.